The minimum atomic E-state index is -3.00. The zero-order chi connectivity index (χ0) is 22.7. The van der Waals surface area contributed by atoms with Gasteiger partial charge in [-0.1, -0.05) is 12.1 Å². The number of nitrogens with zero attached hydrogens (tertiary/aromatic N) is 1. The van der Waals surface area contributed by atoms with Gasteiger partial charge in [0.25, 0.3) is 17.1 Å². The van der Waals surface area contributed by atoms with Gasteiger partial charge in [-0.3, -0.25) is 19.3 Å². The molecule has 1 N–H and O–H groups in total. The molecule has 0 atom stereocenters. The first-order valence-corrected chi connectivity index (χ1v) is 10.2. The Labute approximate surface area is 185 Å². The molecule has 0 unspecified atom stereocenters. The van der Waals surface area contributed by atoms with Crippen LogP contribution < -0.4 is 19.5 Å². The number of amides is 3. The van der Waals surface area contributed by atoms with E-state index in [-0.39, 0.29) is 36.1 Å². The molecule has 11 heteroatoms. The number of carbonyl (C=O) groups excluding carboxylic acids is 3. The normalized spacial score (nSPS) is 16.2. The molecule has 2 aliphatic heterocycles. The fourth-order valence-electron chi connectivity index (χ4n) is 3.04. The smallest absolute Gasteiger partial charge is 0.387 e. The molecule has 0 aliphatic carbocycles. The summed E-state index contributed by atoms with van der Waals surface area (Å²) in [7, 11) is 0. The highest BCUT2D eigenvalue weighted by Gasteiger charge is 2.34. The van der Waals surface area contributed by atoms with Gasteiger partial charge in [-0.15, -0.1) is 0 Å². The molecular formula is C21H16F2N2O6S. The molecule has 0 bridgehead atoms. The van der Waals surface area contributed by atoms with Crippen molar-refractivity contribution < 1.29 is 37.4 Å². The Morgan fingerprint density at radius 3 is 2.81 bits per heavy atom. The average Bonchev–Trinajstić information content (AvgIpc) is 3.32. The van der Waals surface area contributed by atoms with E-state index in [4.69, 9.17) is 9.47 Å². The number of rotatable bonds is 7. The predicted molar refractivity (Wildman–Crippen MR) is 111 cm³/mol. The van der Waals surface area contributed by atoms with Crippen molar-refractivity contribution in [2.24, 2.45) is 0 Å². The number of halogens is 2. The first-order chi connectivity index (χ1) is 15.4. The minimum absolute atomic E-state index is 0.00584. The first kappa shape index (κ1) is 21.6. The van der Waals surface area contributed by atoms with Crippen molar-refractivity contribution in [3.63, 3.8) is 0 Å². The fraction of sp³-hybridized carbons (Fsp3) is 0.190. The molecule has 0 radical (unpaired) electrons. The number of fused-ring (bicyclic) bond motifs is 1. The number of ether oxygens (including phenoxy) is 3. The highest BCUT2D eigenvalue weighted by Crippen LogP contribution is 2.36. The van der Waals surface area contributed by atoms with Crippen LogP contribution in [0, 0.1) is 0 Å². The molecule has 2 aromatic rings. The lowest BCUT2D eigenvalue weighted by Crippen LogP contribution is -2.37. The molecule has 2 aliphatic rings. The van der Waals surface area contributed by atoms with Crippen LogP contribution in [-0.4, -0.2) is 48.4 Å². The van der Waals surface area contributed by atoms with Crippen LogP contribution >= 0.6 is 11.8 Å². The molecule has 2 aromatic carbocycles. The maximum atomic E-state index is 12.6. The first-order valence-electron chi connectivity index (χ1n) is 9.39. The number of hydrogen-bond acceptors (Lipinski definition) is 7. The summed E-state index contributed by atoms with van der Waals surface area (Å²) in [5, 5.41) is 2.10. The number of nitrogens with one attached hydrogen (secondary N) is 1. The third-order valence-electron chi connectivity index (χ3n) is 4.51. The monoisotopic (exact) mass is 462 g/mol. The lowest BCUT2D eigenvalue weighted by Gasteiger charge is -2.13. The summed E-state index contributed by atoms with van der Waals surface area (Å²) in [6.07, 6.45) is 1.58. The molecule has 3 amide bonds. The Balaban J connectivity index is 1.34. The van der Waals surface area contributed by atoms with Crippen molar-refractivity contribution in [2.75, 3.05) is 19.9 Å². The Morgan fingerprint density at radius 2 is 2.00 bits per heavy atom. The van der Waals surface area contributed by atoms with E-state index < -0.39 is 23.7 Å². The van der Waals surface area contributed by atoms with Gasteiger partial charge in [-0.25, -0.2) is 0 Å². The van der Waals surface area contributed by atoms with Crippen LogP contribution in [-0.2, 0) is 4.79 Å². The Kier molecular flexibility index (Phi) is 6.26. The largest absolute Gasteiger partial charge is 0.454 e. The van der Waals surface area contributed by atoms with Crippen LogP contribution in [0.5, 0.6) is 17.2 Å². The molecule has 2 heterocycles. The second-order valence-corrected chi connectivity index (χ2v) is 7.60. The molecule has 0 spiro atoms. The predicted octanol–water partition coefficient (Wildman–Crippen LogP) is 3.48. The summed E-state index contributed by atoms with van der Waals surface area (Å²) < 4.78 is 39.5. The maximum absolute atomic E-state index is 12.6. The topological polar surface area (TPSA) is 94.2 Å². The van der Waals surface area contributed by atoms with Crippen LogP contribution in [0.4, 0.5) is 13.6 Å². The number of imide groups is 1. The molecule has 8 nitrogen and oxygen atoms in total. The molecule has 4 rings (SSSR count). The standard InChI is InChI=1S/C21H16F2N2O6S/c22-20(23)31-14-3-1-2-13(10-14)18(26)24-6-7-25-19(27)17(32-21(25)28)9-12-4-5-15-16(8-12)30-11-29-15/h1-5,8-10,20H,6-7,11H2,(H,24,26)/b17-9-. The summed E-state index contributed by atoms with van der Waals surface area (Å²) >= 11 is 0.799. The number of carbonyl (C=O) groups is 3. The molecule has 0 aromatic heterocycles. The summed E-state index contributed by atoms with van der Waals surface area (Å²) in [5.74, 6) is 0.0000858. The summed E-state index contributed by atoms with van der Waals surface area (Å²) in [4.78, 5) is 38.4. The number of thioether (sulfide) groups is 1. The molecular weight excluding hydrogens is 446 g/mol. The van der Waals surface area contributed by atoms with E-state index in [1.807, 2.05) is 0 Å². The zero-order valence-corrected chi connectivity index (χ0v) is 17.2. The van der Waals surface area contributed by atoms with Crippen molar-refractivity contribution in [3.8, 4) is 17.2 Å². The molecule has 1 fully saturated rings. The van der Waals surface area contributed by atoms with E-state index in [1.165, 1.54) is 24.3 Å². The summed E-state index contributed by atoms with van der Waals surface area (Å²) in [6, 6.07) is 10.5. The Morgan fingerprint density at radius 1 is 1.19 bits per heavy atom. The van der Waals surface area contributed by atoms with E-state index in [1.54, 1.807) is 24.3 Å². The van der Waals surface area contributed by atoms with Gasteiger partial charge >= 0.3 is 6.61 Å². The number of alkyl halides is 2. The minimum Gasteiger partial charge on any atom is -0.454 e. The average molecular weight is 462 g/mol. The maximum Gasteiger partial charge on any atom is 0.387 e. The van der Waals surface area contributed by atoms with Gasteiger partial charge in [-0.05, 0) is 53.7 Å². The SMILES string of the molecule is O=C(NCCN1C(=O)S/C(=C\c2ccc3c(c2)OCO3)C1=O)c1cccc(OC(F)F)c1. The van der Waals surface area contributed by atoms with Gasteiger partial charge in [0, 0.05) is 18.7 Å². The third-order valence-corrected chi connectivity index (χ3v) is 5.42. The van der Waals surface area contributed by atoms with Crippen molar-refractivity contribution in [2.45, 2.75) is 6.61 Å². The van der Waals surface area contributed by atoms with E-state index >= 15 is 0 Å². The van der Waals surface area contributed by atoms with E-state index in [9.17, 15) is 23.2 Å². The highest BCUT2D eigenvalue weighted by molar-refractivity contribution is 8.18. The lowest BCUT2D eigenvalue weighted by molar-refractivity contribution is -0.122. The van der Waals surface area contributed by atoms with E-state index in [2.05, 4.69) is 10.1 Å². The van der Waals surface area contributed by atoms with Crippen molar-refractivity contribution in [1.29, 1.82) is 0 Å². The molecule has 0 saturated carbocycles. The lowest BCUT2D eigenvalue weighted by atomic mass is 10.2. The van der Waals surface area contributed by atoms with Gasteiger partial charge in [0.2, 0.25) is 6.79 Å². The Bertz CT molecular complexity index is 1110. The molecule has 166 valence electrons. The van der Waals surface area contributed by atoms with Crippen molar-refractivity contribution in [1.82, 2.24) is 10.2 Å². The van der Waals surface area contributed by atoms with E-state index in [0.29, 0.717) is 17.1 Å². The van der Waals surface area contributed by atoms with Crippen molar-refractivity contribution >= 4 is 34.9 Å². The van der Waals surface area contributed by atoms with Crippen LogP contribution in [0.15, 0.2) is 47.4 Å². The number of hydrogen-bond donors (Lipinski definition) is 1. The van der Waals surface area contributed by atoms with E-state index in [0.717, 1.165) is 16.7 Å². The summed E-state index contributed by atoms with van der Waals surface area (Å²) in [6.45, 7) is -2.92. The Hall–Kier alpha value is -3.60. The quantitative estimate of drug-likeness (QED) is 0.630. The second-order valence-electron chi connectivity index (χ2n) is 6.61. The molecule has 32 heavy (non-hydrogen) atoms. The van der Waals surface area contributed by atoms with Crippen LogP contribution in [0.3, 0.4) is 0 Å². The van der Waals surface area contributed by atoms with Crippen LogP contribution in [0.1, 0.15) is 15.9 Å². The number of benzene rings is 2. The van der Waals surface area contributed by atoms with Gasteiger partial charge in [0.15, 0.2) is 11.5 Å². The van der Waals surface area contributed by atoms with Gasteiger partial charge in [0.05, 0.1) is 4.91 Å². The van der Waals surface area contributed by atoms with Crippen molar-refractivity contribution in [3.05, 3.63) is 58.5 Å². The summed E-state index contributed by atoms with van der Waals surface area (Å²) in [5.41, 5.74) is 0.791. The molecule has 1 saturated heterocycles. The van der Waals surface area contributed by atoms with Gasteiger partial charge < -0.3 is 19.5 Å². The second kappa shape index (κ2) is 9.27. The van der Waals surface area contributed by atoms with Gasteiger partial charge in [0.1, 0.15) is 5.75 Å². The third kappa shape index (κ3) is 4.83. The zero-order valence-electron chi connectivity index (χ0n) is 16.4. The fourth-order valence-corrected chi connectivity index (χ4v) is 3.91. The van der Waals surface area contributed by atoms with Crippen LogP contribution in [0.2, 0.25) is 0 Å². The highest BCUT2D eigenvalue weighted by atomic mass is 32.2. The van der Waals surface area contributed by atoms with Crippen LogP contribution in [0.25, 0.3) is 6.08 Å². The van der Waals surface area contributed by atoms with Gasteiger partial charge in [-0.2, -0.15) is 8.78 Å².